The molecule has 0 saturated carbocycles. The van der Waals surface area contributed by atoms with Crippen LogP contribution < -0.4 is 5.32 Å². The highest BCUT2D eigenvalue weighted by atomic mass is 35.5. The summed E-state index contributed by atoms with van der Waals surface area (Å²) in [5.74, 6) is -0.989. The molecule has 1 aliphatic heterocycles. The molecule has 2 aromatic rings. The van der Waals surface area contributed by atoms with E-state index in [1.54, 1.807) is 24.3 Å². The second-order valence-electron chi connectivity index (χ2n) is 6.61. The first-order chi connectivity index (χ1) is 13.4. The van der Waals surface area contributed by atoms with Crippen LogP contribution in [0.25, 0.3) is 0 Å². The van der Waals surface area contributed by atoms with Gasteiger partial charge in [-0.2, -0.15) is 0 Å². The van der Waals surface area contributed by atoms with E-state index in [4.69, 9.17) is 34.8 Å². The summed E-state index contributed by atoms with van der Waals surface area (Å²) in [6, 6.07) is 8.33. The van der Waals surface area contributed by atoms with Crippen LogP contribution in [-0.4, -0.2) is 34.9 Å². The van der Waals surface area contributed by atoms with Crippen LogP contribution in [0.3, 0.4) is 0 Å². The minimum Gasteiger partial charge on any atom is -0.505 e. The van der Waals surface area contributed by atoms with Crippen molar-refractivity contribution in [1.82, 2.24) is 10.2 Å². The van der Waals surface area contributed by atoms with Crippen molar-refractivity contribution in [2.45, 2.75) is 25.8 Å². The van der Waals surface area contributed by atoms with Gasteiger partial charge in [-0.05, 0) is 43.0 Å². The molecule has 2 N–H and O–H groups in total. The molecule has 1 saturated heterocycles. The Labute approximate surface area is 178 Å². The first-order valence-electron chi connectivity index (χ1n) is 8.91. The number of phenols is 1. The number of rotatable bonds is 4. The summed E-state index contributed by atoms with van der Waals surface area (Å²) >= 11 is 17.8. The molecule has 1 heterocycles. The number of likely N-dealkylation sites (tertiary alicyclic amines) is 1. The van der Waals surface area contributed by atoms with Crippen LogP contribution in [0, 0.1) is 0 Å². The van der Waals surface area contributed by atoms with E-state index < -0.39 is 11.7 Å². The van der Waals surface area contributed by atoms with Crippen molar-refractivity contribution in [3.05, 3.63) is 62.1 Å². The van der Waals surface area contributed by atoms with Crippen LogP contribution in [0.5, 0.6) is 5.75 Å². The lowest BCUT2D eigenvalue weighted by molar-refractivity contribution is 0.0724. The van der Waals surface area contributed by atoms with Gasteiger partial charge in [-0.25, -0.2) is 0 Å². The van der Waals surface area contributed by atoms with Crippen molar-refractivity contribution in [2.75, 3.05) is 13.1 Å². The summed E-state index contributed by atoms with van der Waals surface area (Å²) in [5, 5.41) is 12.6. The van der Waals surface area contributed by atoms with E-state index in [1.165, 1.54) is 12.5 Å². The Morgan fingerprint density at radius 1 is 1.00 bits per heavy atom. The lowest BCUT2D eigenvalue weighted by Crippen LogP contribution is -2.35. The van der Waals surface area contributed by atoms with Gasteiger partial charge in [-0.1, -0.05) is 46.9 Å². The number of halogens is 3. The molecule has 3 rings (SSSR count). The fourth-order valence-corrected chi connectivity index (χ4v) is 3.80. The van der Waals surface area contributed by atoms with Crippen molar-refractivity contribution in [3.63, 3.8) is 0 Å². The lowest BCUT2D eigenvalue weighted by atomic mass is 10.1. The van der Waals surface area contributed by atoms with Gasteiger partial charge in [0.1, 0.15) is 11.3 Å². The molecule has 8 heteroatoms. The maximum atomic E-state index is 12.5. The fourth-order valence-electron chi connectivity index (χ4n) is 3.11. The number of nitrogens with zero attached hydrogens (tertiary/aromatic N) is 1. The lowest BCUT2D eigenvalue weighted by Gasteiger charge is -2.26. The molecule has 148 valence electrons. The quantitative estimate of drug-likeness (QED) is 0.662. The third kappa shape index (κ3) is 4.54. The number of aromatic hydroxyl groups is 1. The van der Waals surface area contributed by atoms with Crippen LogP contribution in [0.2, 0.25) is 15.1 Å². The summed E-state index contributed by atoms with van der Waals surface area (Å²) in [7, 11) is 0. The van der Waals surface area contributed by atoms with Crippen LogP contribution in [0.15, 0.2) is 30.3 Å². The van der Waals surface area contributed by atoms with Gasteiger partial charge in [0.05, 0.1) is 15.1 Å². The number of benzene rings is 2. The number of amides is 2. The average molecular weight is 442 g/mol. The van der Waals surface area contributed by atoms with E-state index in [1.807, 2.05) is 4.90 Å². The monoisotopic (exact) mass is 440 g/mol. The van der Waals surface area contributed by atoms with E-state index in [0.29, 0.717) is 5.56 Å². The first-order valence-corrected chi connectivity index (χ1v) is 10.0. The first kappa shape index (κ1) is 20.8. The molecule has 5 nitrogen and oxygen atoms in total. The van der Waals surface area contributed by atoms with E-state index in [-0.39, 0.29) is 33.1 Å². The van der Waals surface area contributed by atoms with Gasteiger partial charge in [-0.3, -0.25) is 9.59 Å². The van der Waals surface area contributed by atoms with E-state index in [0.717, 1.165) is 31.5 Å². The van der Waals surface area contributed by atoms with Crippen LogP contribution in [0.1, 0.15) is 45.5 Å². The van der Waals surface area contributed by atoms with Gasteiger partial charge in [-0.15, -0.1) is 0 Å². The van der Waals surface area contributed by atoms with Gasteiger partial charge in [0, 0.05) is 25.2 Å². The molecule has 0 spiro atoms. The van der Waals surface area contributed by atoms with Crippen molar-refractivity contribution < 1.29 is 14.7 Å². The molecule has 0 aliphatic carbocycles. The predicted octanol–water partition coefficient (Wildman–Crippen LogP) is 4.91. The Balaban J connectivity index is 1.65. The number of carbonyl (C=O) groups is 2. The standard InChI is InChI=1S/C20H19Cl3N2O3/c21-14-10-15(22)18(26)16(17(14)23)19(27)24-11-12-4-6-13(7-5-12)20(28)25-8-2-1-3-9-25/h4-7,10,26H,1-3,8-9,11H2,(H,24,27). The predicted molar refractivity (Wildman–Crippen MR) is 111 cm³/mol. The highest BCUT2D eigenvalue weighted by molar-refractivity contribution is 6.45. The highest BCUT2D eigenvalue weighted by Crippen LogP contribution is 2.38. The molecule has 28 heavy (non-hydrogen) atoms. The third-order valence-electron chi connectivity index (χ3n) is 4.67. The number of carbonyl (C=O) groups excluding carboxylic acids is 2. The van der Waals surface area contributed by atoms with E-state index in [2.05, 4.69) is 5.32 Å². The molecule has 0 aromatic heterocycles. The van der Waals surface area contributed by atoms with Crippen LogP contribution in [-0.2, 0) is 6.54 Å². The Morgan fingerprint density at radius 2 is 1.64 bits per heavy atom. The zero-order valence-electron chi connectivity index (χ0n) is 15.0. The van der Waals surface area contributed by atoms with Gasteiger partial charge in [0.2, 0.25) is 0 Å². The summed E-state index contributed by atoms with van der Waals surface area (Å²) in [5.41, 5.74) is 1.25. The maximum absolute atomic E-state index is 12.5. The van der Waals surface area contributed by atoms with Crippen molar-refractivity contribution in [1.29, 1.82) is 0 Å². The minimum atomic E-state index is -0.597. The Bertz CT molecular complexity index is 868. The molecule has 0 bridgehead atoms. The second kappa shape index (κ2) is 9.03. The topological polar surface area (TPSA) is 69.6 Å². The van der Waals surface area contributed by atoms with Crippen molar-refractivity contribution >= 4 is 46.6 Å². The van der Waals surface area contributed by atoms with E-state index in [9.17, 15) is 14.7 Å². The van der Waals surface area contributed by atoms with Gasteiger partial charge < -0.3 is 15.3 Å². The normalized spacial score (nSPS) is 14.0. The molecule has 1 aliphatic rings. The van der Waals surface area contributed by atoms with E-state index >= 15 is 0 Å². The Hall–Kier alpha value is -1.95. The number of hydrogen-bond acceptors (Lipinski definition) is 3. The average Bonchev–Trinajstić information content (AvgIpc) is 2.71. The smallest absolute Gasteiger partial charge is 0.256 e. The molecule has 0 atom stereocenters. The highest BCUT2D eigenvalue weighted by Gasteiger charge is 2.21. The Kier molecular flexibility index (Phi) is 6.70. The van der Waals surface area contributed by atoms with Crippen molar-refractivity contribution in [3.8, 4) is 5.75 Å². The molecular formula is C20H19Cl3N2O3. The molecule has 1 fully saturated rings. The van der Waals surface area contributed by atoms with Crippen molar-refractivity contribution in [2.24, 2.45) is 0 Å². The minimum absolute atomic E-state index is 0.0283. The molecule has 0 unspecified atom stereocenters. The largest absolute Gasteiger partial charge is 0.505 e. The zero-order chi connectivity index (χ0) is 20.3. The molecule has 0 radical (unpaired) electrons. The summed E-state index contributed by atoms with van der Waals surface area (Å²) in [6.45, 7) is 1.78. The van der Waals surface area contributed by atoms with Crippen LogP contribution >= 0.6 is 34.8 Å². The number of piperidine rings is 1. The van der Waals surface area contributed by atoms with Crippen LogP contribution in [0.4, 0.5) is 0 Å². The summed E-state index contributed by atoms with van der Waals surface area (Å²) in [6.07, 6.45) is 3.25. The number of nitrogens with one attached hydrogen (secondary N) is 1. The van der Waals surface area contributed by atoms with Gasteiger partial charge in [0.15, 0.2) is 0 Å². The zero-order valence-corrected chi connectivity index (χ0v) is 17.2. The van der Waals surface area contributed by atoms with Gasteiger partial charge in [0.25, 0.3) is 11.8 Å². The van der Waals surface area contributed by atoms with Gasteiger partial charge >= 0.3 is 0 Å². The second-order valence-corrected chi connectivity index (χ2v) is 7.80. The SMILES string of the molecule is O=C(NCc1ccc(C(=O)N2CCCCC2)cc1)c1c(O)c(Cl)cc(Cl)c1Cl. The maximum Gasteiger partial charge on any atom is 0.256 e. The number of hydrogen-bond donors (Lipinski definition) is 2. The molecule has 2 aromatic carbocycles. The fraction of sp³-hybridized carbons (Fsp3) is 0.300. The molecular weight excluding hydrogens is 423 g/mol. The molecule has 2 amide bonds. The Morgan fingerprint density at radius 3 is 2.29 bits per heavy atom. The summed E-state index contributed by atoms with van der Waals surface area (Å²) in [4.78, 5) is 26.8. The number of phenolic OH excluding ortho intramolecular Hbond substituents is 1. The third-order valence-corrected chi connectivity index (χ3v) is 5.75. The summed E-state index contributed by atoms with van der Waals surface area (Å²) < 4.78 is 0.